The van der Waals surface area contributed by atoms with Crippen LogP contribution in [0.2, 0.25) is 0 Å². The van der Waals surface area contributed by atoms with Crippen molar-refractivity contribution in [1.29, 1.82) is 0 Å². The van der Waals surface area contributed by atoms with Gasteiger partial charge in [-0.1, -0.05) is 12.0 Å². The van der Waals surface area contributed by atoms with Gasteiger partial charge < -0.3 is 4.74 Å². The molecule has 0 aliphatic heterocycles. The zero-order valence-electron chi connectivity index (χ0n) is 14.4. The minimum atomic E-state index is -6.21. The van der Waals surface area contributed by atoms with Crippen molar-refractivity contribution in [3.05, 3.63) is 34.5 Å². The van der Waals surface area contributed by atoms with Crippen molar-refractivity contribution in [1.82, 2.24) is 4.98 Å². The van der Waals surface area contributed by atoms with Crippen molar-refractivity contribution in [2.24, 2.45) is 0 Å². The predicted molar refractivity (Wildman–Crippen MR) is 85.2 cm³/mol. The van der Waals surface area contributed by atoms with Crippen LogP contribution in [0, 0.1) is 33.1 Å². The van der Waals surface area contributed by atoms with E-state index in [0.717, 1.165) is 13.0 Å². The van der Waals surface area contributed by atoms with E-state index >= 15 is 0 Å². The summed E-state index contributed by atoms with van der Waals surface area (Å²) >= 11 is 0. The standard InChI is InChI=1S/C18H14F7NO/c1-5-8-27-15-9(2)11(4)26-13-7-6-12(10(3)14(13)15)16(19,17(20,21)22)18(23,24)25/h1,6-7H,8H2,2-4H3. The molecule has 0 unspecified atom stereocenters. The molecule has 9 heteroatoms. The Kier molecular flexibility index (Phi) is 5.08. The van der Waals surface area contributed by atoms with Gasteiger partial charge in [0.2, 0.25) is 0 Å². The fourth-order valence-corrected chi connectivity index (χ4v) is 2.83. The Morgan fingerprint density at radius 1 is 0.963 bits per heavy atom. The molecular formula is C18H14F7NO. The summed E-state index contributed by atoms with van der Waals surface area (Å²) < 4.78 is 98.8. The molecule has 0 atom stereocenters. The topological polar surface area (TPSA) is 22.1 Å². The van der Waals surface area contributed by atoms with Crippen LogP contribution >= 0.6 is 0 Å². The summed E-state index contributed by atoms with van der Waals surface area (Å²) in [4.78, 5) is 4.14. The lowest BCUT2D eigenvalue weighted by molar-refractivity contribution is -0.348. The average molecular weight is 393 g/mol. The number of halogens is 7. The number of aryl methyl sites for hydroxylation is 2. The first-order valence-corrected chi connectivity index (χ1v) is 7.57. The zero-order valence-corrected chi connectivity index (χ0v) is 14.4. The number of fused-ring (bicyclic) bond motifs is 1. The largest absolute Gasteiger partial charge is 0.480 e. The lowest BCUT2D eigenvalue weighted by Gasteiger charge is -2.32. The van der Waals surface area contributed by atoms with Gasteiger partial charge in [-0.25, -0.2) is 4.39 Å². The molecule has 0 N–H and O–H groups in total. The van der Waals surface area contributed by atoms with Gasteiger partial charge in [0.25, 0.3) is 0 Å². The van der Waals surface area contributed by atoms with Crippen LogP contribution in [0.25, 0.3) is 10.9 Å². The molecule has 1 aromatic heterocycles. The molecule has 1 heterocycles. The molecule has 2 nitrogen and oxygen atoms in total. The fourth-order valence-electron chi connectivity index (χ4n) is 2.83. The molecule has 0 radical (unpaired) electrons. The molecule has 2 rings (SSSR count). The second kappa shape index (κ2) is 6.59. The van der Waals surface area contributed by atoms with E-state index in [1.54, 1.807) is 6.92 Å². The number of nitrogens with zero attached hydrogens (tertiary/aromatic N) is 1. The second-order valence-corrected chi connectivity index (χ2v) is 5.93. The number of ether oxygens (including phenoxy) is 1. The number of benzene rings is 1. The van der Waals surface area contributed by atoms with E-state index in [9.17, 15) is 30.7 Å². The summed E-state index contributed by atoms with van der Waals surface area (Å²) in [5, 5.41) is -0.152. The van der Waals surface area contributed by atoms with E-state index in [-0.39, 0.29) is 23.3 Å². The maximum Gasteiger partial charge on any atom is 0.435 e. The highest BCUT2D eigenvalue weighted by Gasteiger charge is 2.74. The molecule has 0 saturated carbocycles. The van der Waals surface area contributed by atoms with E-state index in [1.807, 2.05) is 0 Å². The molecule has 0 aliphatic rings. The van der Waals surface area contributed by atoms with Crippen LogP contribution in [-0.2, 0) is 5.67 Å². The van der Waals surface area contributed by atoms with Gasteiger partial charge in [0.15, 0.2) is 0 Å². The van der Waals surface area contributed by atoms with Crippen molar-refractivity contribution in [2.75, 3.05) is 6.61 Å². The van der Waals surface area contributed by atoms with Crippen LogP contribution in [0.15, 0.2) is 12.1 Å². The third kappa shape index (κ3) is 3.17. The third-order valence-corrected chi connectivity index (χ3v) is 4.29. The number of terminal acetylenes is 1. The van der Waals surface area contributed by atoms with Gasteiger partial charge in [-0.2, -0.15) is 26.3 Å². The normalized spacial score (nSPS) is 12.9. The Labute approximate surface area is 150 Å². The van der Waals surface area contributed by atoms with Crippen LogP contribution in [0.1, 0.15) is 22.4 Å². The van der Waals surface area contributed by atoms with Crippen LogP contribution in [0.5, 0.6) is 5.75 Å². The first-order valence-electron chi connectivity index (χ1n) is 7.57. The highest BCUT2D eigenvalue weighted by atomic mass is 19.4. The Bertz CT molecular complexity index is 909. The number of hydrogen-bond acceptors (Lipinski definition) is 2. The smallest absolute Gasteiger partial charge is 0.435 e. The van der Waals surface area contributed by atoms with Crippen molar-refractivity contribution < 1.29 is 35.5 Å². The van der Waals surface area contributed by atoms with Crippen LogP contribution in [-0.4, -0.2) is 23.9 Å². The van der Waals surface area contributed by atoms with Crippen molar-refractivity contribution in [3.63, 3.8) is 0 Å². The zero-order chi connectivity index (χ0) is 20.8. The highest BCUT2D eigenvalue weighted by molar-refractivity contribution is 5.91. The minimum absolute atomic E-state index is 0.0264. The predicted octanol–water partition coefficient (Wildman–Crippen LogP) is 5.46. The number of alkyl halides is 7. The van der Waals surface area contributed by atoms with Gasteiger partial charge in [-0.15, -0.1) is 6.42 Å². The molecule has 0 spiro atoms. The van der Waals surface area contributed by atoms with Gasteiger partial charge in [0.05, 0.1) is 5.52 Å². The minimum Gasteiger partial charge on any atom is -0.480 e. The molecule has 0 bridgehead atoms. The van der Waals surface area contributed by atoms with Crippen molar-refractivity contribution in [2.45, 2.75) is 38.8 Å². The van der Waals surface area contributed by atoms with Gasteiger partial charge in [0, 0.05) is 22.2 Å². The third-order valence-electron chi connectivity index (χ3n) is 4.29. The molecular weight excluding hydrogens is 379 g/mol. The quantitative estimate of drug-likeness (QED) is 0.510. The summed E-state index contributed by atoms with van der Waals surface area (Å²) in [6, 6.07) is 1.35. The maximum absolute atomic E-state index is 14.5. The molecule has 27 heavy (non-hydrogen) atoms. The molecule has 0 saturated heterocycles. The molecule has 1 aromatic carbocycles. The maximum atomic E-state index is 14.5. The summed E-state index contributed by atoms with van der Waals surface area (Å²) in [7, 11) is 0. The van der Waals surface area contributed by atoms with E-state index in [1.165, 1.54) is 6.92 Å². The van der Waals surface area contributed by atoms with Crippen molar-refractivity contribution >= 4 is 10.9 Å². The molecule has 0 amide bonds. The monoisotopic (exact) mass is 393 g/mol. The highest BCUT2D eigenvalue weighted by Crippen LogP contribution is 2.55. The Balaban J connectivity index is 2.95. The summed E-state index contributed by atoms with van der Waals surface area (Å²) in [5.74, 6) is 2.14. The number of pyridine rings is 1. The number of aromatic nitrogens is 1. The second-order valence-electron chi connectivity index (χ2n) is 5.93. The summed E-state index contributed by atoms with van der Waals surface area (Å²) in [5.41, 5.74) is -6.79. The SMILES string of the molecule is C#CCOc1c(C)c(C)nc2ccc(C(F)(C(F)(F)F)C(F)(F)F)c(C)c12. The van der Waals surface area contributed by atoms with E-state index in [0.29, 0.717) is 17.3 Å². The van der Waals surface area contributed by atoms with Crippen LogP contribution < -0.4 is 4.74 Å². The number of hydrogen-bond donors (Lipinski definition) is 0. The molecule has 0 fully saturated rings. The Morgan fingerprint density at radius 3 is 2.00 bits per heavy atom. The average Bonchev–Trinajstić information content (AvgIpc) is 2.53. The Hall–Kier alpha value is -2.50. The van der Waals surface area contributed by atoms with Gasteiger partial charge >= 0.3 is 18.0 Å². The summed E-state index contributed by atoms with van der Waals surface area (Å²) in [6.07, 6.45) is -7.31. The van der Waals surface area contributed by atoms with Gasteiger partial charge in [-0.05, 0) is 32.4 Å². The Morgan fingerprint density at radius 2 is 1.52 bits per heavy atom. The lowest BCUT2D eigenvalue weighted by Crippen LogP contribution is -2.50. The van der Waals surface area contributed by atoms with Crippen LogP contribution in [0.3, 0.4) is 0 Å². The fraction of sp³-hybridized carbons (Fsp3) is 0.389. The van der Waals surface area contributed by atoms with Gasteiger partial charge in [0.1, 0.15) is 12.4 Å². The molecule has 146 valence electrons. The first kappa shape index (κ1) is 20.8. The van der Waals surface area contributed by atoms with E-state index in [4.69, 9.17) is 11.2 Å². The first-order chi connectivity index (χ1) is 12.3. The van der Waals surface area contributed by atoms with Gasteiger partial charge in [-0.3, -0.25) is 4.98 Å². The van der Waals surface area contributed by atoms with Crippen molar-refractivity contribution in [3.8, 4) is 18.1 Å². The number of rotatable bonds is 3. The summed E-state index contributed by atoms with van der Waals surface area (Å²) in [6.45, 7) is 3.80. The van der Waals surface area contributed by atoms with Crippen LogP contribution in [0.4, 0.5) is 30.7 Å². The molecule has 0 aliphatic carbocycles. The van der Waals surface area contributed by atoms with E-state index in [2.05, 4.69) is 10.9 Å². The molecule has 2 aromatic rings. The lowest BCUT2D eigenvalue weighted by atomic mass is 9.87. The van der Waals surface area contributed by atoms with E-state index < -0.39 is 29.1 Å².